The monoisotopic (exact) mass is 342 g/mol. The molecule has 2 aliphatic heterocycles. The van der Waals surface area contributed by atoms with E-state index in [1.807, 2.05) is 0 Å². The van der Waals surface area contributed by atoms with E-state index in [0.29, 0.717) is 5.92 Å². The summed E-state index contributed by atoms with van der Waals surface area (Å²) in [5.41, 5.74) is 7.09. The van der Waals surface area contributed by atoms with E-state index in [-0.39, 0.29) is 5.41 Å². The summed E-state index contributed by atoms with van der Waals surface area (Å²) in [7, 11) is 0. The SMILES string of the molecule is CC(C)CN1CN2c3ccc4ccccc4c3C(C)(C)c3cccc1c32. The van der Waals surface area contributed by atoms with Crippen LogP contribution in [0, 0.1) is 5.92 Å². The number of nitrogens with zero attached hydrogens (tertiary/aromatic N) is 2. The van der Waals surface area contributed by atoms with Crippen molar-refractivity contribution >= 4 is 27.8 Å². The summed E-state index contributed by atoms with van der Waals surface area (Å²) in [5.74, 6) is 0.649. The molecule has 0 radical (unpaired) electrons. The third-order valence-corrected chi connectivity index (χ3v) is 6.02. The van der Waals surface area contributed by atoms with Crippen LogP contribution in [-0.4, -0.2) is 13.2 Å². The van der Waals surface area contributed by atoms with Gasteiger partial charge in [0.05, 0.1) is 18.0 Å². The highest BCUT2D eigenvalue weighted by atomic mass is 15.4. The Morgan fingerprint density at radius 3 is 2.54 bits per heavy atom. The van der Waals surface area contributed by atoms with Gasteiger partial charge >= 0.3 is 0 Å². The lowest BCUT2D eigenvalue weighted by atomic mass is 9.72. The van der Waals surface area contributed by atoms with E-state index in [4.69, 9.17) is 0 Å². The lowest BCUT2D eigenvalue weighted by Gasteiger charge is -2.40. The lowest BCUT2D eigenvalue weighted by molar-refractivity contribution is 0.616. The number of fused-ring (bicyclic) bond motifs is 4. The zero-order valence-corrected chi connectivity index (χ0v) is 16.1. The van der Waals surface area contributed by atoms with Crippen LogP contribution in [0.3, 0.4) is 0 Å². The number of anilines is 3. The molecule has 0 saturated heterocycles. The molecule has 0 aromatic heterocycles. The molecule has 0 aliphatic carbocycles. The second-order valence-corrected chi connectivity index (χ2v) is 8.66. The van der Waals surface area contributed by atoms with Crippen molar-refractivity contribution in [3.8, 4) is 0 Å². The molecule has 0 amide bonds. The molecule has 3 aromatic rings. The quantitative estimate of drug-likeness (QED) is 0.559. The van der Waals surface area contributed by atoms with E-state index < -0.39 is 0 Å². The van der Waals surface area contributed by atoms with Crippen LogP contribution < -0.4 is 9.80 Å². The van der Waals surface area contributed by atoms with Gasteiger partial charge in [-0.05, 0) is 39.9 Å². The van der Waals surface area contributed by atoms with Crippen LogP contribution >= 0.6 is 0 Å². The smallest absolute Gasteiger partial charge is 0.0953 e. The normalized spacial score (nSPS) is 17.0. The number of rotatable bonds is 2. The van der Waals surface area contributed by atoms with Crippen LogP contribution in [0.25, 0.3) is 10.8 Å². The number of hydrogen-bond donors (Lipinski definition) is 0. The van der Waals surface area contributed by atoms with Crippen LogP contribution in [0.1, 0.15) is 38.8 Å². The van der Waals surface area contributed by atoms with Gasteiger partial charge in [0.2, 0.25) is 0 Å². The van der Waals surface area contributed by atoms with Crippen molar-refractivity contribution in [3.05, 3.63) is 65.7 Å². The fraction of sp³-hybridized carbons (Fsp3) is 0.333. The number of benzene rings is 3. The molecule has 0 atom stereocenters. The molecule has 26 heavy (non-hydrogen) atoms. The third-order valence-electron chi connectivity index (χ3n) is 6.02. The van der Waals surface area contributed by atoms with Crippen molar-refractivity contribution in [3.63, 3.8) is 0 Å². The van der Waals surface area contributed by atoms with Crippen molar-refractivity contribution in [1.29, 1.82) is 0 Å². The predicted octanol–water partition coefficient (Wildman–Crippen LogP) is 6.05. The van der Waals surface area contributed by atoms with Gasteiger partial charge in [-0.2, -0.15) is 0 Å². The predicted molar refractivity (Wildman–Crippen MR) is 112 cm³/mol. The second-order valence-electron chi connectivity index (χ2n) is 8.66. The molecule has 2 aliphatic rings. The highest BCUT2D eigenvalue weighted by Gasteiger charge is 2.42. The molecule has 2 nitrogen and oxygen atoms in total. The molecule has 132 valence electrons. The summed E-state index contributed by atoms with van der Waals surface area (Å²) in [6.45, 7) is 11.4. The molecule has 0 unspecified atom stereocenters. The van der Waals surface area contributed by atoms with Crippen LogP contribution in [0.2, 0.25) is 0 Å². The van der Waals surface area contributed by atoms with Gasteiger partial charge in [-0.1, -0.05) is 70.2 Å². The Hall–Kier alpha value is -2.48. The molecular formula is C24H26N2. The van der Waals surface area contributed by atoms with Gasteiger partial charge < -0.3 is 9.80 Å². The number of para-hydroxylation sites is 1. The summed E-state index contributed by atoms with van der Waals surface area (Å²) in [4.78, 5) is 5.09. The Kier molecular flexibility index (Phi) is 3.19. The molecular weight excluding hydrogens is 316 g/mol. The first kappa shape index (κ1) is 15.7. The van der Waals surface area contributed by atoms with Gasteiger partial charge in [0, 0.05) is 17.6 Å². The van der Waals surface area contributed by atoms with Crippen molar-refractivity contribution in [1.82, 2.24) is 0 Å². The van der Waals surface area contributed by atoms with E-state index >= 15 is 0 Å². The highest BCUT2D eigenvalue weighted by molar-refractivity contribution is 5.99. The summed E-state index contributed by atoms with van der Waals surface area (Å²) in [6.07, 6.45) is 0. The Balaban J connectivity index is 1.81. The maximum absolute atomic E-state index is 2.55. The largest absolute Gasteiger partial charge is 0.352 e. The Morgan fingerprint density at radius 1 is 0.923 bits per heavy atom. The van der Waals surface area contributed by atoms with E-state index in [1.165, 1.54) is 39.0 Å². The lowest BCUT2D eigenvalue weighted by Crippen LogP contribution is -2.35. The summed E-state index contributed by atoms with van der Waals surface area (Å²) in [6, 6.07) is 20.3. The van der Waals surface area contributed by atoms with Crippen LogP contribution in [0.15, 0.2) is 54.6 Å². The Bertz CT molecular complexity index is 1020. The molecule has 3 aromatic carbocycles. The molecule has 0 bridgehead atoms. The van der Waals surface area contributed by atoms with E-state index in [0.717, 1.165) is 13.2 Å². The van der Waals surface area contributed by atoms with Crippen molar-refractivity contribution in [2.75, 3.05) is 23.0 Å². The number of hydrogen-bond acceptors (Lipinski definition) is 2. The summed E-state index contributed by atoms with van der Waals surface area (Å²) < 4.78 is 0. The standard InChI is InChI=1S/C24H26N2/c1-16(2)14-25-15-26-20-13-12-17-8-5-6-9-18(17)22(20)24(3,4)19-10-7-11-21(25)23(19)26/h5-13,16H,14-15H2,1-4H3. The third kappa shape index (κ3) is 1.99. The van der Waals surface area contributed by atoms with E-state index in [1.54, 1.807) is 0 Å². The second kappa shape index (κ2) is 5.26. The zero-order valence-electron chi connectivity index (χ0n) is 16.1. The van der Waals surface area contributed by atoms with Crippen LogP contribution in [-0.2, 0) is 5.41 Å². The molecule has 5 rings (SSSR count). The van der Waals surface area contributed by atoms with Gasteiger partial charge in [-0.3, -0.25) is 0 Å². The molecule has 2 heteroatoms. The zero-order chi connectivity index (χ0) is 18.1. The Labute approximate surface area is 156 Å². The fourth-order valence-corrected chi connectivity index (χ4v) is 4.96. The topological polar surface area (TPSA) is 6.48 Å². The van der Waals surface area contributed by atoms with Crippen LogP contribution in [0.5, 0.6) is 0 Å². The minimum Gasteiger partial charge on any atom is -0.352 e. The van der Waals surface area contributed by atoms with Crippen molar-refractivity contribution in [2.24, 2.45) is 5.92 Å². The summed E-state index contributed by atoms with van der Waals surface area (Å²) in [5, 5.41) is 2.71. The Morgan fingerprint density at radius 2 is 1.73 bits per heavy atom. The summed E-state index contributed by atoms with van der Waals surface area (Å²) >= 11 is 0. The maximum Gasteiger partial charge on any atom is 0.0953 e. The van der Waals surface area contributed by atoms with Crippen molar-refractivity contribution in [2.45, 2.75) is 33.1 Å². The first-order valence-corrected chi connectivity index (χ1v) is 9.66. The first-order chi connectivity index (χ1) is 12.5. The van der Waals surface area contributed by atoms with E-state index in [9.17, 15) is 0 Å². The molecule has 2 heterocycles. The minimum absolute atomic E-state index is 0.00805. The van der Waals surface area contributed by atoms with Gasteiger partial charge in [-0.15, -0.1) is 0 Å². The average molecular weight is 342 g/mol. The maximum atomic E-state index is 2.55. The first-order valence-electron chi connectivity index (χ1n) is 9.66. The van der Waals surface area contributed by atoms with Gasteiger partial charge in [-0.25, -0.2) is 0 Å². The highest BCUT2D eigenvalue weighted by Crippen LogP contribution is 2.56. The average Bonchev–Trinajstić information content (AvgIpc) is 2.98. The van der Waals surface area contributed by atoms with Gasteiger partial charge in [0.25, 0.3) is 0 Å². The molecule has 0 saturated carbocycles. The van der Waals surface area contributed by atoms with Gasteiger partial charge in [0.1, 0.15) is 0 Å². The minimum atomic E-state index is -0.00805. The van der Waals surface area contributed by atoms with Crippen LogP contribution in [0.4, 0.5) is 17.1 Å². The van der Waals surface area contributed by atoms with E-state index in [2.05, 4.69) is 92.1 Å². The molecule has 0 fully saturated rings. The fourth-order valence-electron chi connectivity index (χ4n) is 4.96. The van der Waals surface area contributed by atoms with Gasteiger partial charge in [0.15, 0.2) is 0 Å². The molecule has 0 N–H and O–H groups in total. The van der Waals surface area contributed by atoms with Crippen molar-refractivity contribution < 1.29 is 0 Å². The molecule has 0 spiro atoms.